The molecule has 142 valence electrons. The third-order valence-electron chi connectivity index (χ3n) is 4.63. The molecule has 0 bridgehead atoms. The molecular formula is C17H18N4O5S. The van der Waals surface area contributed by atoms with Gasteiger partial charge in [-0.25, -0.2) is 18.4 Å². The fourth-order valence-corrected chi connectivity index (χ4v) is 4.88. The summed E-state index contributed by atoms with van der Waals surface area (Å²) < 4.78 is 33.9. The van der Waals surface area contributed by atoms with Crippen molar-refractivity contribution < 1.29 is 22.7 Å². The number of benzene rings is 1. The SMILES string of the molecule is CN(c1cc(C(=O)Nc2ccc3c(c2)OCO3)ncn1)C1CCS(=O)(=O)C1. The Labute approximate surface area is 156 Å². The summed E-state index contributed by atoms with van der Waals surface area (Å²) in [6.07, 6.45) is 1.84. The maximum absolute atomic E-state index is 12.5. The van der Waals surface area contributed by atoms with Crippen molar-refractivity contribution in [1.82, 2.24) is 9.97 Å². The highest BCUT2D eigenvalue weighted by Gasteiger charge is 2.31. The van der Waals surface area contributed by atoms with Crippen LogP contribution in [0.15, 0.2) is 30.6 Å². The standard InChI is InChI=1S/C17H18N4O5S/c1-21(12-4-5-27(23,24)8-12)16-7-13(18-9-19-16)17(22)20-11-2-3-14-15(6-11)26-10-25-14/h2-3,6-7,9,12H,4-5,8,10H2,1H3,(H,20,22). The van der Waals surface area contributed by atoms with Crippen molar-refractivity contribution in [3.63, 3.8) is 0 Å². The molecule has 4 rings (SSSR count). The van der Waals surface area contributed by atoms with Gasteiger partial charge in [0.05, 0.1) is 11.5 Å². The summed E-state index contributed by atoms with van der Waals surface area (Å²) in [6.45, 7) is 0.158. The largest absolute Gasteiger partial charge is 0.454 e. The highest BCUT2D eigenvalue weighted by atomic mass is 32.2. The lowest BCUT2D eigenvalue weighted by Crippen LogP contribution is -2.33. The molecule has 2 aromatic rings. The van der Waals surface area contributed by atoms with Gasteiger partial charge in [-0.1, -0.05) is 0 Å². The molecule has 10 heteroatoms. The third kappa shape index (κ3) is 3.65. The van der Waals surface area contributed by atoms with E-state index >= 15 is 0 Å². The van der Waals surface area contributed by atoms with E-state index in [0.29, 0.717) is 29.4 Å². The number of amides is 1. The van der Waals surface area contributed by atoms with E-state index in [0.717, 1.165) is 0 Å². The van der Waals surface area contributed by atoms with Crippen molar-refractivity contribution in [2.45, 2.75) is 12.5 Å². The lowest BCUT2D eigenvalue weighted by Gasteiger charge is -2.24. The summed E-state index contributed by atoms with van der Waals surface area (Å²) >= 11 is 0. The van der Waals surface area contributed by atoms with E-state index in [1.54, 1.807) is 36.2 Å². The molecule has 0 spiro atoms. The first-order valence-electron chi connectivity index (χ1n) is 8.37. The first-order chi connectivity index (χ1) is 12.9. The molecule has 1 amide bonds. The van der Waals surface area contributed by atoms with Crippen LogP contribution >= 0.6 is 0 Å². The number of hydrogen-bond donors (Lipinski definition) is 1. The minimum atomic E-state index is -3.01. The Morgan fingerprint density at radius 2 is 2.04 bits per heavy atom. The monoisotopic (exact) mass is 390 g/mol. The number of carbonyl (C=O) groups is 1. The molecule has 2 aliphatic heterocycles. The molecule has 1 aromatic carbocycles. The summed E-state index contributed by atoms with van der Waals surface area (Å²) in [5.41, 5.74) is 0.741. The number of sulfone groups is 1. The van der Waals surface area contributed by atoms with Crippen LogP contribution in [0.5, 0.6) is 11.5 Å². The number of hydrogen-bond acceptors (Lipinski definition) is 8. The van der Waals surface area contributed by atoms with Gasteiger partial charge in [0.15, 0.2) is 21.3 Å². The predicted molar refractivity (Wildman–Crippen MR) is 98.0 cm³/mol. The molecule has 1 fully saturated rings. The van der Waals surface area contributed by atoms with Crippen LogP contribution < -0.4 is 19.7 Å². The van der Waals surface area contributed by atoms with Crippen LogP contribution in [0.2, 0.25) is 0 Å². The smallest absolute Gasteiger partial charge is 0.274 e. The van der Waals surface area contributed by atoms with Gasteiger partial charge in [-0.15, -0.1) is 0 Å². The van der Waals surface area contributed by atoms with Crippen LogP contribution in [-0.4, -0.2) is 55.7 Å². The zero-order valence-corrected chi connectivity index (χ0v) is 15.4. The average molecular weight is 390 g/mol. The first kappa shape index (κ1) is 17.5. The summed E-state index contributed by atoms with van der Waals surface area (Å²) in [4.78, 5) is 22.5. The van der Waals surface area contributed by atoms with Crippen molar-refractivity contribution in [2.24, 2.45) is 0 Å². The Kier molecular flexibility index (Phi) is 4.34. The van der Waals surface area contributed by atoms with E-state index in [1.165, 1.54) is 6.33 Å². The fourth-order valence-electron chi connectivity index (χ4n) is 3.10. The number of rotatable bonds is 4. The van der Waals surface area contributed by atoms with E-state index in [2.05, 4.69) is 15.3 Å². The first-order valence-corrected chi connectivity index (χ1v) is 10.2. The van der Waals surface area contributed by atoms with E-state index in [-0.39, 0.29) is 30.0 Å². The zero-order valence-electron chi connectivity index (χ0n) is 14.6. The summed E-state index contributed by atoms with van der Waals surface area (Å²) in [5.74, 6) is 1.56. The molecule has 1 saturated heterocycles. The summed E-state index contributed by atoms with van der Waals surface area (Å²) in [5, 5.41) is 2.76. The van der Waals surface area contributed by atoms with E-state index in [4.69, 9.17) is 9.47 Å². The summed E-state index contributed by atoms with van der Waals surface area (Å²) in [7, 11) is -1.24. The number of ether oxygens (including phenoxy) is 2. The van der Waals surface area contributed by atoms with Crippen molar-refractivity contribution in [3.8, 4) is 11.5 Å². The summed E-state index contributed by atoms with van der Waals surface area (Å²) in [6, 6.07) is 6.50. The molecule has 0 aliphatic carbocycles. The van der Waals surface area contributed by atoms with Gasteiger partial charge in [0.25, 0.3) is 5.91 Å². The molecule has 1 aromatic heterocycles. The average Bonchev–Trinajstić information content (AvgIpc) is 3.26. The van der Waals surface area contributed by atoms with Gasteiger partial charge in [-0.3, -0.25) is 4.79 Å². The van der Waals surface area contributed by atoms with Gasteiger partial charge in [-0.2, -0.15) is 0 Å². The van der Waals surface area contributed by atoms with Gasteiger partial charge in [0.2, 0.25) is 6.79 Å². The second kappa shape index (κ2) is 6.69. The minimum absolute atomic E-state index is 0.0895. The zero-order chi connectivity index (χ0) is 19.0. The molecule has 9 nitrogen and oxygen atoms in total. The van der Waals surface area contributed by atoms with Crippen LogP contribution in [0.25, 0.3) is 0 Å². The molecule has 27 heavy (non-hydrogen) atoms. The highest BCUT2D eigenvalue weighted by Crippen LogP contribution is 2.34. The van der Waals surface area contributed by atoms with Crippen LogP contribution in [0.1, 0.15) is 16.9 Å². The Bertz CT molecular complexity index is 995. The fraction of sp³-hybridized carbons (Fsp3) is 0.353. The number of nitrogens with zero attached hydrogens (tertiary/aromatic N) is 3. The normalized spacial score (nSPS) is 19.7. The molecule has 3 heterocycles. The lowest BCUT2D eigenvalue weighted by atomic mass is 10.2. The molecule has 0 radical (unpaired) electrons. The van der Waals surface area contributed by atoms with Crippen molar-refractivity contribution >= 4 is 27.2 Å². The van der Waals surface area contributed by atoms with Crippen LogP contribution in [0.3, 0.4) is 0 Å². The molecule has 1 unspecified atom stereocenters. The van der Waals surface area contributed by atoms with Gasteiger partial charge < -0.3 is 19.7 Å². The number of carbonyl (C=O) groups excluding carboxylic acids is 1. The Morgan fingerprint density at radius 1 is 1.22 bits per heavy atom. The Hall–Kier alpha value is -2.88. The number of aromatic nitrogens is 2. The van der Waals surface area contributed by atoms with E-state index < -0.39 is 15.7 Å². The molecular weight excluding hydrogens is 372 g/mol. The lowest BCUT2D eigenvalue weighted by molar-refractivity contribution is 0.102. The van der Waals surface area contributed by atoms with E-state index in [1.807, 2.05) is 0 Å². The van der Waals surface area contributed by atoms with Gasteiger partial charge in [0.1, 0.15) is 17.8 Å². The van der Waals surface area contributed by atoms with Crippen LogP contribution in [0, 0.1) is 0 Å². The number of anilines is 2. The van der Waals surface area contributed by atoms with Gasteiger partial charge >= 0.3 is 0 Å². The molecule has 2 aliphatic rings. The maximum Gasteiger partial charge on any atom is 0.274 e. The van der Waals surface area contributed by atoms with Gasteiger partial charge in [0, 0.05) is 30.9 Å². The van der Waals surface area contributed by atoms with Gasteiger partial charge in [-0.05, 0) is 18.6 Å². The Balaban J connectivity index is 1.49. The van der Waals surface area contributed by atoms with Crippen molar-refractivity contribution in [1.29, 1.82) is 0 Å². The topological polar surface area (TPSA) is 111 Å². The quantitative estimate of drug-likeness (QED) is 0.826. The molecule has 1 N–H and O–H groups in total. The molecule has 1 atom stereocenters. The van der Waals surface area contributed by atoms with Crippen molar-refractivity contribution in [2.75, 3.05) is 35.6 Å². The van der Waals surface area contributed by atoms with Crippen molar-refractivity contribution in [3.05, 3.63) is 36.3 Å². The minimum Gasteiger partial charge on any atom is -0.454 e. The highest BCUT2D eigenvalue weighted by molar-refractivity contribution is 7.91. The number of nitrogens with one attached hydrogen (secondary N) is 1. The molecule has 0 saturated carbocycles. The second-order valence-electron chi connectivity index (χ2n) is 6.45. The van der Waals surface area contributed by atoms with E-state index in [9.17, 15) is 13.2 Å². The maximum atomic E-state index is 12.5. The predicted octanol–water partition coefficient (Wildman–Crippen LogP) is 1.08. The third-order valence-corrected chi connectivity index (χ3v) is 6.38. The second-order valence-corrected chi connectivity index (χ2v) is 8.68. The number of fused-ring (bicyclic) bond motifs is 1. The van der Waals surface area contributed by atoms with Crippen LogP contribution in [-0.2, 0) is 9.84 Å². The van der Waals surface area contributed by atoms with Crippen LogP contribution in [0.4, 0.5) is 11.5 Å². The Morgan fingerprint density at radius 3 is 2.81 bits per heavy atom.